The summed E-state index contributed by atoms with van der Waals surface area (Å²) >= 11 is 12.2. The Morgan fingerprint density at radius 3 is 2.35 bits per heavy atom. The Kier molecular flexibility index (Phi) is 14.7. The number of aryl methyl sites for hydroxylation is 1. The Morgan fingerprint density at radius 1 is 1.16 bits per heavy atom. The van der Waals surface area contributed by atoms with Crippen molar-refractivity contribution in [1.82, 2.24) is 4.90 Å². The second-order valence-corrected chi connectivity index (χ2v) is 8.87. The molecule has 5 N–H and O–H groups in total. The molecule has 0 amide bonds. The van der Waals surface area contributed by atoms with E-state index in [0.29, 0.717) is 29.3 Å². The smallest absolute Gasteiger partial charge is 0.451 e. The molecule has 1 aromatic carbocycles. The lowest BCUT2D eigenvalue weighted by Crippen LogP contribution is -2.57. The van der Waals surface area contributed by atoms with Crippen molar-refractivity contribution in [2.24, 2.45) is 11.7 Å². The van der Waals surface area contributed by atoms with Gasteiger partial charge in [0.05, 0.1) is 0 Å². The van der Waals surface area contributed by atoms with Crippen LogP contribution in [0.25, 0.3) is 0 Å². The molecule has 0 saturated carbocycles. The largest absolute Gasteiger partial charge is 0.480 e. The molecule has 6 nitrogen and oxygen atoms in total. The lowest BCUT2D eigenvalue weighted by Gasteiger charge is -2.40. The first-order chi connectivity index (χ1) is 13.7. The summed E-state index contributed by atoms with van der Waals surface area (Å²) in [5, 5.41) is 28.9. The zero-order chi connectivity index (χ0) is 21.4. The molecular weight excluding hydrogens is 485 g/mol. The number of benzene rings is 1. The van der Waals surface area contributed by atoms with Crippen molar-refractivity contribution in [2.45, 2.75) is 56.8 Å². The molecule has 0 aliphatic carbocycles. The van der Waals surface area contributed by atoms with Crippen LogP contribution in [0.1, 0.15) is 44.1 Å². The van der Waals surface area contributed by atoms with Crippen LogP contribution in [0.5, 0.6) is 0 Å². The summed E-state index contributed by atoms with van der Waals surface area (Å²) in [7, 11) is -1.35. The number of rotatable bonds is 11. The van der Waals surface area contributed by atoms with Crippen LogP contribution in [-0.4, -0.2) is 58.3 Å². The molecule has 1 aliphatic rings. The minimum atomic E-state index is -1.35. The molecule has 0 bridgehead atoms. The average Bonchev–Trinajstić information content (AvgIpc) is 2.67. The number of hydrogen-bond donors (Lipinski definition) is 4. The highest BCUT2D eigenvalue weighted by Gasteiger charge is 2.42. The van der Waals surface area contributed by atoms with Gasteiger partial charge >= 0.3 is 13.1 Å². The van der Waals surface area contributed by atoms with Gasteiger partial charge in [0.2, 0.25) is 0 Å². The third-order valence-electron chi connectivity index (χ3n) is 5.95. The Morgan fingerprint density at radius 2 is 1.81 bits per heavy atom. The number of halogens is 4. The van der Waals surface area contributed by atoms with Crippen LogP contribution in [0.2, 0.25) is 16.4 Å². The molecule has 0 aromatic heterocycles. The number of aliphatic carboxylic acids is 1. The highest BCUT2D eigenvalue weighted by atomic mass is 35.5. The van der Waals surface area contributed by atoms with Crippen LogP contribution in [0.3, 0.4) is 0 Å². The fourth-order valence-corrected chi connectivity index (χ4v) is 4.62. The van der Waals surface area contributed by atoms with E-state index in [1.165, 1.54) is 0 Å². The van der Waals surface area contributed by atoms with Crippen molar-refractivity contribution in [2.75, 3.05) is 19.6 Å². The van der Waals surface area contributed by atoms with E-state index < -0.39 is 18.6 Å². The second kappa shape index (κ2) is 14.8. The molecule has 0 spiro atoms. The van der Waals surface area contributed by atoms with Crippen molar-refractivity contribution in [1.29, 1.82) is 0 Å². The van der Waals surface area contributed by atoms with Gasteiger partial charge in [0, 0.05) is 10.0 Å². The van der Waals surface area contributed by atoms with E-state index in [1.807, 2.05) is 12.1 Å². The van der Waals surface area contributed by atoms with Crippen LogP contribution in [-0.2, 0) is 11.2 Å². The van der Waals surface area contributed by atoms with Crippen molar-refractivity contribution < 1.29 is 19.9 Å². The van der Waals surface area contributed by atoms with Gasteiger partial charge in [-0.3, -0.25) is 4.79 Å². The maximum Gasteiger partial charge on any atom is 0.451 e. The molecule has 1 atom stereocenters. The topological polar surface area (TPSA) is 107 Å². The van der Waals surface area contributed by atoms with Crippen LogP contribution in [0, 0.1) is 5.92 Å². The van der Waals surface area contributed by atoms with E-state index in [-0.39, 0.29) is 37.1 Å². The van der Waals surface area contributed by atoms with E-state index in [4.69, 9.17) is 39.0 Å². The fraction of sp³-hybridized carbons (Fsp3) is 0.650. The lowest BCUT2D eigenvalue weighted by molar-refractivity contribution is -0.147. The molecule has 31 heavy (non-hydrogen) atoms. The summed E-state index contributed by atoms with van der Waals surface area (Å²) in [6, 6.07) is 5.57. The molecule has 1 aromatic rings. The Balaban J connectivity index is 0.00000450. The monoisotopic (exact) mass is 516 g/mol. The van der Waals surface area contributed by atoms with Gasteiger partial charge in [0.25, 0.3) is 0 Å². The highest BCUT2D eigenvalue weighted by Crippen LogP contribution is 2.31. The average molecular weight is 518 g/mol. The molecule has 1 fully saturated rings. The van der Waals surface area contributed by atoms with E-state index in [9.17, 15) is 9.90 Å². The SMILES string of the molecule is Cl.Cl.NC(CCCCB(O)O)(C(=O)O)C1CCN(CCCc2ccc(Cl)cc2Cl)CC1. The Hall–Kier alpha value is -0.245. The third kappa shape index (κ3) is 9.64. The molecular formula is C20H33BCl4N2O4. The molecule has 1 heterocycles. The first-order valence-electron chi connectivity index (χ1n) is 10.3. The van der Waals surface area contributed by atoms with E-state index in [1.54, 1.807) is 6.07 Å². The maximum absolute atomic E-state index is 11.9. The van der Waals surface area contributed by atoms with Gasteiger partial charge in [-0.05, 0) is 81.7 Å². The summed E-state index contributed by atoms with van der Waals surface area (Å²) < 4.78 is 0. The van der Waals surface area contributed by atoms with Crippen molar-refractivity contribution >= 4 is 61.1 Å². The first kappa shape index (κ1) is 30.8. The van der Waals surface area contributed by atoms with E-state index in [0.717, 1.165) is 50.9 Å². The van der Waals surface area contributed by atoms with Gasteiger partial charge in [-0.1, -0.05) is 42.1 Å². The predicted molar refractivity (Wildman–Crippen MR) is 132 cm³/mol. The van der Waals surface area contributed by atoms with Gasteiger partial charge in [0.15, 0.2) is 0 Å². The Bertz CT molecular complexity index is 679. The Labute approximate surface area is 207 Å². The standard InChI is InChI=1S/C20H31BCl2N2O4.2ClH/c22-17-6-5-15(18(23)14-17)4-3-11-25-12-7-16(8-13-25)20(24,19(26)27)9-1-2-10-21(28)29;;/h5-6,14,16,28-29H,1-4,7-13,24H2,(H,26,27);2*1H. The number of nitrogens with two attached hydrogens (primary N) is 1. The normalized spacial score (nSPS) is 16.7. The zero-order valence-electron chi connectivity index (χ0n) is 17.5. The van der Waals surface area contributed by atoms with Crippen molar-refractivity contribution in [3.8, 4) is 0 Å². The van der Waals surface area contributed by atoms with E-state index in [2.05, 4.69) is 4.90 Å². The molecule has 1 unspecified atom stereocenters. The number of carboxylic acid groups (broad SMARTS) is 1. The fourth-order valence-electron chi connectivity index (χ4n) is 4.12. The number of piperidine rings is 1. The maximum atomic E-state index is 11.9. The molecule has 0 radical (unpaired) electrons. The minimum Gasteiger partial charge on any atom is -0.480 e. The van der Waals surface area contributed by atoms with Gasteiger partial charge < -0.3 is 25.8 Å². The van der Waals surface area contributed by atoms with Gasteiger partial charge in [0.1, 0.15) is 5.54 Å². The molecule has 178 valence electrons. The minimum absolute atomic E-state index is 0. The number of hydrogen-bond acceptors (Lipinski definition) is 5. The molecule has 1 saturated heterocycles. The highest BCUT2D eigenvalue weighted by molar-refractivity contribution is 6.40. The summed E-state index contributed by atoms with van der Waals surface area (Å²) in [5.41, 5.74) is 6.16. The lowest BCUT2D eigenvalue weighted by atomic mass is 9.74. The van der Waals surface area contributed by atoms with Gasteiger partial charge in [-0.25, -0.2) is 0 Å². The van der Waals surface area contributed by atoms with Gasteiger partial charge in [-0.2, -0.15) is 0 Å². The van der Waals surface area contributed by atoms with Crippen LogP contribution >= 0.6 is 48.0 Å². The van der Waals surface area contributed by atoms with Crippen LogP contribution in [0.4, 0.5) is 0 Å². The van der Waals surface area contributed by atoms with Crippen molar-refractivity contribution in [3.05, 3.63) is 33.8 Å². The molecule has 1 aliphatic heterocycles. The molecule has 11 heteroatoms. The summed E-state index contributed by atoms with van der Waals surface area (Å²) in [5.74, 6) is -1.03. The zero-order valence-corrected chi connectivity index (χ0v) is 20.7. The summed E-state index contributed by atoms with van der Waals surface area (Å²) in [6.45, 7) is 2.60. The number of nitrogens with zero attached hydrogens (tertiary/aromatic N) is 1. The van der Waals surface area contributed by atoms with Crippen LogP contribution in [0.15, 0.2) is 18.2 Å². The number of unbranched alkanes of at least 4 members (excludes halogenated alkanes) is 1. The van der Waals surface area contributed by atoms with Gasteiger partial charge in [-0.15, -0.1) is 24.8 Å². The summed E-state index contributed by atoms with van der Waals surface area (Å²) in [4.78, 5) is 14.2. The number of carboxylic acids is 1. The van der Waals surface area contributed by atoms with Crippen LogP contribution < -0.4 is 5.73 Å². The summed E-state index contributed by atoms with van der Waals surface area (Å²) in [6.07, 6.45) is 5.09. The number of likely N-dealkylation sites (tertiary alicyclic amines) is 1. The third-order valence-corrected chi connectivity index (χ3v) is 6.54. The van der Waals surface area contributed by atoms with E-state index >= 15 is 0 Å². The molecule has 2 rings (SSSR count). The predicted octanol–water partition coefficient (Wildman–Crippen LogP) is 3.91. The second-order valence-electron chi connectivity index (χ2n) is 8.03. The first-order valence-corrected chi connectivity index (χ1v) is 11.0. The van der Waals surface area contributed by atoms with Crippen molar-refractivity contribution in [3.63, 3.8) is 0 Å². The number of carbonyl (C=O) groups is 1. The quantitative estimate of drug-likeness (QED) is 0.262.